The predicted octanol–water partition coefficient (Wildman–Crippen LogP) is 3.53. The van der Waals surface area contributed by atoms with Crippen molar-refractivity contribution in [1.29, 1.82) is 0 Å². The van der Waals surface area contributed by atoms with Gasteiger partial charge < -0.3 is 4.90 Å². The highest BCUT2D eigenvalue weighted by atomic mass is 35.5. The van der Waals surface area contributed by atoms with E-state index in [0.717, 1.165) is 36.4 Å². The van der Waals surface area contributed by atoms with Gasteiger partial charge in [-0.3, -0.25) is 4.68 Å². The van der Waals surface area contributed by atoms with Crippen molar-refractivity contribution in [3.05, 3.63) is 34.4 Å². The summed E-state index contributed by atoms with van der Waals surface area (Å²) in [5.74, 6) is 0.0710. The number of nitrogens with zero attached hydrogens (tertiary/aromatic N) is 5. The second-order valence-electron chi connectivity index (χ2n) is 5.50. The Balaban J connectivity index is 1.99. The minimum absolute atomic E-state index is 0.0710. The highest BCUT2D eigenvalue weighted by Crippen LogP contribution is 2.39. The third-order valence-corrected chi connectivity index (χ3v) is 4.42. The van der Waals surface area contributed by atoms with Gasteiger partial charge in [-0.25, -0.2) is 9.97 Å². The number of aryl methyl sites for hydroxylation is 2. The van der Waals surface area contributed by atoms with Gasteiger partial charge in [-0.1, -0.05) is 11.6 Å². The summed E-state index contributed by atoms with van der Waals surface area (Å²) in [4.78, 5) is 9.48. The zero-order chi connectivity index (χ0) is 16.8. The molecule has 2 aromatic heterocycles. The van der Waals surface area contributed by atoms with Crippen molar-refractivity contribution in [2.75, 3.05) is 11.4 Å². The van der Waals surface area contributed by atoms with E-state index in [0.29, 0.717) is 11.7 Å². The standard InChI is InChI=1S/C14H15ClF3N5/c1-8-11(12(15)22(2)21-8)9-4-3-7-23(9)13-19-6-5-10(20-13)14(16,17)18/h5-6,9H,3-4,7H2,1-2H3/t9-/m1/s1. The molecular formula is C14H15ClF3N5. The third-order valence-electron chi connectivity index (χ3n) is 3.97. The molecule has 1 aliphatic rings. The van der Waals surface area contributed by atoms with Gasteiger partial charge in [-0.05, 0) is 25.8 Å². The van der Waals surface area contributed by atoms with Crippen LogP contribution in [-0.4, -0.2) is 26.3 Å². The molecule has 2 aromatic rings. The first-order chi connectivity index (χ1) is 10.8. The van der Waals surface area contributed by atoms with E-state index in [1.807, 2.05) is 6.92 Å². The van der Waals surface area contributed by atoms with Crippen LogP contribution in [-0.2, 0) is 13.2 Å². The van der Waals surface area contributed by atoms with Gasteiger partial charge in [0.15, 0.2) is 0 Å². The quantitative estimate of drug-likeness (QED) is 0.835. The van der Waals surface area contributed by atoms with Crippen molar-refractivity contribution in [3.63, 3.8) is 0 Å². The van der Waals surface area contributed by atoms with Crippen LogP contribution in [0.25, 0.3) is 0 Å². The molecule has 1 fully saturated rings. The van der Waals surface area contributed by atoms with Crippen molar-refractivity contribution in [2.24, 2.45) is 7.05 Å². The maximum Gasteiger partial charge on any atom is 0.433 e. The summed E-state index contributed by atoms with van der Waals surface area (Å²) in [5.41, 5.74) is 0.649. The lowest BCUT2D eigenvalue weighted by atomic mass is 10.1. The summed E-state index contributed by atoms with van der Waals surface area (Å²) in [6, 6.07) is 0.705. The molecule has 0 aliphatic carbocycles. The zero-order valence-electron chi connectivity index (χ0n) is 12.6. The van der Waals surface area contributed by atoms with E-state index < -0.39 is 11.9 Å². The van der Waals surface area contributed by atoms with Gasteiger partial charge in [0.05, 0.1) is 11.7 Å². The molecule has 9 heteroatoms. The fraction of sp³-hybridized carbons (Fsp3) is 0.500. The second-order valence-corrected chi connectivity index (χ2v) is 5.86. The monoisotopic (exact) mass is 345 g/mol. The van der Waals surface area contributed by atoms with Crippen LogP contribution in [0.2, 0.25) is 5.15 Å². The average molecular weight is 346 g/mol. The minimum atomic E-state index is -4.49. The SMILES string of the molecule is Cc1nn(C)c(Cl)c1[C@H]1CCCN1c1nccc(C(F)(F)F)n1. The van der Waals surface area contributed by atoms with Gasteiger partial charge in [0.2, 0.25) is 5.95 Å². The highest BCUT2D eigenvalue weighted by Gasteiger charge is 2.36. The number of aromatic nitrogens is 4. The molecule has 23 heavy (non-hydrogen) atoms. The number of alkyl halides is 3. The number of anilines is 1. The smallest absolute Gasteiger partial charge is 0.334 e. The van der Waals surface area contributed by atoms with Crippen molar-refractivity contribution in [3.8, 4) is 0 Å². The number of rotatable bonds is 2. The summed E-state index contributed by atoms with van der Waals surface area (Å²) < 4.78 is 40.2. The Morgan fingerprint density at radius 2 is 2.09 bits per heavy atom. The van der Waals surface area contributed by atoms with Gasteiger partial charge in [-0.2, -0.15) is 18.3 Å². The lowest BCUT2D eigenvalue weighted by Gasteiger charge is -2.25. The minimum Gasteiger partial charge on any atom is -0.334 e. The molecule has 5 nitrogen and oxygen atoms in total. The zero-order valence-corrected chi connectivity index (χ0v) is 13.4. The lowest BCUT2D eigenvalue weighted by Crippen LogP contribution is -2.26. The first-order valence-corrected chi connectivity index (χ1v) is 7.52. The van der Waals surface area contributed by atoms with Crippen molar-refractivity contribution >= 4 is 17.5 Å². The van der Waals surface area contributed by atoms with E-state index in [-0.39, 0.29) is 12.0 Å². The molecule has 0 bridgehead atoms. The molecule has 0 saturated carbocycles. The Morgan fingerprint density at radius 3 is 2.70 bits per heavy atom. The molecule has 124 valence electrons. The van der Waals surface area contributed by atoms with Crippen LogP contribution in [0.3, 0.4) is 0 Å². The van der Waals surface area contributed by atoms with Gasteiger partial charge in [-0.15, -0.1) is 0 Å². The van der Waals surface area contributed by atoms with Crippen molar-refractivity contribution < 1.29 is 13.2 Å². The Hall–Kier alpha value is -1.83. The Labute approximate surface area is 136 Å². The van der Waals surface area contributed by atoms with E-state index in [2.05, 4.69) is 15.1 Å². The first-order valence-electron chi connectivity index (χ1n) is 7.15. The summed E-state index contributed by atoms with van der Waals surface area (Å²) in [5, 5.41) is 4.77. The van der Waals surface area contributed by atoms with Gasteiger partial charge >= 0.3 is 6.18 Å². The maximum atomic E-state index is 12.9. The molecule has 0 radical (unpaired) electrons. The molecule has 3 heterocycles. The predicted molar refractivity (Wildman–Crippen MR) is 79.3 cm³/mol. The molecule has 0 aromatic carbocycles. The summed E-state index contributed by atoms with van der Waals surface area (Å²) >= 11 is 6.30. The van der Waals surface area contributed by atoms with E-state index in [4.69, 9.17) is 11.6 Å². The van der Waals surface area contributed by atoms with Gasteiger partial charge in [0.25, 0.3) is 0 Å². The fourth-order valence-corrected chi connectivity index (χ4v) is 3.28. The third kappa shape index (κ3) is 2.87. The molecule has 0 spiro atoms. The number of hydrogen-bond donors (Lipinski definition) is 0. The largest absolute Gasteiger partial charge is 0.433 e. The molecule has 1 aliphatic heterocycles. The lowest BCUT2D eigenvalue weighted by molar-refractivity contribution is -0.141. The van der Waals surface area contributed by atoms with Gasteiger partial charge in [0, 0.05) is 25.4 Å². The molecule has 1 saturated heterocycles. The summed E-state index contributed by atoms with van der Waals surface area (Å²) in [6.07, 6.45) is -1.76. The fourth-order valence-electron chi connectivity index (χ4n) is 2.98. The van der Waals surface area contributed by atoms with Gasteiger partial charge in [0.1, 0.15) is 10.8 Å². The molecule has 0 unspecified atom stereocenters. The summed E-state index contributed by atoms with van der Waals surface area (Å²) in [7, 11) is 1.74. The first kappa shape index (κ1) is 16.0. The normalized spacial score (nSPS) is 18.7. The van der Waals surface area contributed by atoms with Crippen LogP contribution >= 0.6 is 11.6 Å². The molecule has 0 amide bonds. The maximum absolute atomic E-state index is 12.9. The van der Waals surface area contributed by atoms with E-state index in [1.165, 1.54) is 0 Å². The van der Waals surface area contributed by atoms with E-state index in [1.54, 1.807) is 16.6 Å². The van der Waals surface area contributed by atoms with E-state index >= 15 is 0 Å². The number of halogens is 4. The summed E-state index contributed by atoms with van der Waals surface area (Å²) in [6.45, 7) is 2.42. The van der Waals surface area contributed by atoms with Crippen LogP contribution in [0.5, 0.6) is 0 Å². The highest BCUT2D eigenvalue weighted by molar-refractivity contribution is 6.30. The Bertz CT molecular complexity index is 728. The van der Waals surface area contributed by atoms with E-state index in [9.17, 15) is 13.2 Å². The van der Waals surface area contributed by atoms with Crippen LogP contribution in [0.15, 0.2) is 12.3 Å². The average Bonchev–Trinajstić information content (AvgIpc) is 3.04. The molecule has 1 atom stereocenters. The van der Waals surface area contributed by atoms with Crippen LogP contribution < -0.4 is 4.90 Å². The second kappa shape index (κ2) is 5.67. The van der Waals surface area contributed by atoms with Crippen LogP contribution in [0, 0.1) is 6.92 Å². The van der Waals surface area contributed by atoms with Crippen molar-refractivity contribution in [1.82, 2.24) is 19.7 Å². The molecule has 0 N–H and O–H groups in total. The Morgan fingerprint density at radius 1 is 1.35 bits per heavy atom. The van der Waals surface area contributed by atoms with Crippen LogP contribution in [0.4, 0.5) is 19.1 Å². The van der Waals surface area contributed by atoms with Crippen LogP contribution in [0.1, 0.15) is 35.8 Å². The molecule has 3 rings (SSSR count). The molecular weight excluding hydrogens is 331 g/mol. The van der Waals surface area contributed by atoms with Crippen molar-refractivity contribution in [2.45, 2.75) is 32.0 Å². The topological polar surface area (TPSA) is 46.8 Å². The number of hydrogen-bond acceptors (Lipinski definition) is 4. The Kier molecular flexibility index (Phi) is 3.95.